The summed E-state index contributed by atoms with van der Waals surface area (Å²) in [5, 5.41) is 13.4. The Morgan fingerprint density at radius 1 is 1.10 bits per heavy atom. The number of nitro groups is 1. The summed E-state index contributed by atoms with van der Waals surface area (Å²) in [7, 11) is 0. The van der Waals surface area contributed by atoms with Crippen molar-refractivity contribution in [3.63, 3.8) is 0 Å². The highest BCUT2D eigenvalue weighted by atomic mass is 16.6. The van der Waals surface area contributed by atoms with E-state index in [0.717, 1.165) is 5.56 Å². The highest BCUT2D eigenvalue weighted by Gasteiger charge is 2.22. The van der Waals surface area contributed by atoms with Gasteiger partial charge >= 0.3 is 5.97 Å². The molecule has 1 N–H and O–H groups in total. The summed E-state index contributed by atoms with van der Waals surface area (Å²) in [5.41, 5.74) is 1.48. The summed E-state index contributed by atoms with van der Waals surface area (Å²) < 4.78 is 5.35. The van der Waals surface area contributed by atoms with E-state index in [1.165, 1.54) is 24.3 Å². The van der Waals surface area contributed by atoms with Crippen molar-refractivity contribution < 1.29 is 19.2 Å². The highest BCUT2D eigenvalue weighted by Crippen LogP contribution is 2.13. The summed E-state index contributed by atoms with van der Waals surface area (Å²) in [6.45, 7) is 4.05. The smallest absolute Gasteiger partial charge is 0.328 e. The SMILES string of the molecule is CC(C)C[C@H](NC(=O)C=Cc1ccc([N+](=O)[O-])cc1)C(=O)OCc1ccccc1. The van der Waals surface area contributed by atoms with Crippen molar-refractivity contribution in [3.8, 4) is 0 Å². The van der Waals surface area contributed by atoms with Crippen molar-refractivity contribution >= 4 is 23.6 Å². The maximum Gasteiger partial charge on any atom is 0.328 e. The molecule has 0 aliphatic heterocycles. The molecule has 0 bridgehead atoms. The lowest BCUT2D eigenvalue weighted by molar-refractivity contribution is -0.384. The second-order valence-corrected chi connectivity index (χ2v) is 6.97. The molecule has 0 spiro atoms. The highest BCUT2D eigenvalue weighted by molar-refractivity contribution is 5.94. The zero-order valence-corrected chi connectivity index (χ0v) is 16.4. The second-order valence-electron chi connectivity index (χ2n) is 6.97. The van der Waals surface area contributed by atoms with Gasteiger partial charge in [0.15, 0.2) is 0 Å². The van der Waals surface area contributed by atoms with E-state index < -0.39 is 22.8 Å². The summed E-state index contributed by atoms with van der Waals surface area (Å²) in [5.74, 6) is -0.742. The molecule has 0 fully saturated rings. The van der Waals surface area contributed by atoms with Gasteiger partial charge < -0.3 is 10.1 Å². The molecule has 2 aromatic rings. The minimum absolute atomic E-state index is 0.0234. The molecule has 0 heterocycles. The average Bonchev–Trinajstić information content (AvgIpc) is 2.70. The average molecular weight is 396 g/mol. The van der Waals surface area contributed by atoms with E-state index in [0.29, 0.717) is 12.0 Å². The van der Waals surface area contributed by atoms with E-state index in [1.807, 2.05) is 44.2 Å². The molecule has 2 rings (SSSR count). The molecular formula is C22H24N2O5. The third-order valence-electron chi connectivity index (χ3n) is 4.06. The Hall–Kier alpha value is -3.48. The lowest BCUT2D eigenvalue weighted by Crippen LogP contribution is -2.42. The first-order valence-corrected chi connectivity index (χ1v) is 9.28. The number of non-ortho nitro benzene ring substituents is 1. The number of hydrogen-bond acceptors (Lipinski definition) is 5. The molecule has 0 unspecified atom stereocenters. The third-order valence-corrected chi connectivity index (χ3v) is 4.06. The van der Waals surface area contributed by atoms with Crippen molar-refractivity contribution in [1.29, 1.82) is 0 Å². The number of nitrogens with zero attached hydrogens (tertiary/aromatic N) is 1. The number of rotatable bonds is 9. The Morgan fingerprint density at radius 2 is 1.76 bits per heavy atom. The minimum Gasteiger partial charge on any atom is -0.459 e. The van der Waals surface area contributed by atoms with E-state index in [2.05, 4.69) is 5.32 Å². The quantitative estimate of drug-likeness (QED) is 0.300. The van der Waals surface area contributed by atoms with Crippen LogP contribution in [-0.4, -0.2) is 22.8 Å². The number of amides is 1. The molecule has 0 aliphatic carbocycles. The van der Waals surface area contributed by atoms with Crippen molar-refractivity contribution in [2.45, 2.75) is 32.9 Å². The number of carbonyl (C=O) groups excluding carboxylic acids is 2. The standard InChI is InChI=1S/C22H24N2O5/c1-16(2)14-20(22(26)29-15-18-6-4-3-5-7-18)23-21(25)13-10-17-8-11-19(12-9-17)24(27)28/h3-13,16,20H,14-15H2,1-2H3,(H,23,25)/t20-/m0/s1. The minimum atomic E-state index is -0.757. The number of esters is 1. The van der Waals surface area contributed by atoms with Gasteiger partial charge in [0, 0.05) is 18.2 Å². The summed E-state index contributed by atoms with van der Waals surface area (Å²) >= 11 is 0. The van der Waals surface area contributed by atoms with Gasteiger partial charge in [-0.25, -0.2) is 4.79 Å². The molecule has 7 nitrogen and oxygen atoms in total. The van der Waals surface area contributed by atoms with Crippen LogP contribution in [0.15, 0.2) is 60.7 Å². The second kappa shape index (κ2) is 10.8. The van der Waals surface area contributed by atoms with Crippen LogP contribution in [0.25, 0.3) is 6.08 Å². The topological polar surface area (TPSA) is 98.5 Å². The van der Waals surface area contributed by atoms with Crippen LogP contribution >= 0.6 is 0 Å². The van der Waals surface area contributed by atoms with Crippen LogP contribution in [0.1, 0.15) is 31.4 Å². The van der Waals surface area contributed by atoms with Crippen LogP contribution in [0.4, 0.5) is 5.69 Å². The molecule has 2 aromatic carbocycles. The molecule has 29 heavy (non-hydrogen) atoms. The molecule has 0 aromatic heterocycles. The van der Waals surface area contributed by atoms with Gasteiger partial charge in [-0.05, 0) is 41.7 Å². The van der Waals surface area contributed by atoms with Crippen molar-refractivity contribution in [3.05, 3.63) is 81.9 Å². The van der Waals surface area contributed by atoms with Crippen LogP contribution in [-0.2, 0) is 20.9 Å². The maximum absolute atomic E-state index is 12.4. The van der Waals surface area contributed by atoms with Gasteiger partial charge in [-0.2, -0.15) is 0 Å². The first-order valence-electron chi connectivity index (χ1n) is 9.28. The largest absolute Gasteiger partial charge is 0.459 e. The fraction of sp³-hybridized carbons (Fsp3) is 0.273. The normalized spacial score (nSPS) is 12.0. The molecule has 152 valence electrons. The summed E-state index contributed by atoms with van der Waals surface area (Å²) in [6, 6.07) is 14.4. The predicted octanol–water partition coefficient (Wildman–Crippen LogP) is 3.88. The van der Waals surface area contributed by atoms with E-state index in [1.54, 1.807) is 12.1 Å². The van der Waals surface area contributed by atoms with Gasteiger partial charge in [0.05, 0.1) is 4.92 Å². The fourth-order valence-corrected chi connectivity index (χ4v) is 2.61. The van der Waals surface area contributed by atoms with E-state index in [9.17, 15) is 19.7 Å². The van der Waals surface area contributed by atoms with Crippen LogP contribution in [0.5, 0.6) is 0 Å². The first-order chi connectivity index (χ1) is 13.8. The number of nitro benzene ring substituents is 1. The van der Waals surface area contributed by atoms with Crippen molar-refractivity contribution in [2.75, 3.05) is 0 Å². The van der Waals surface area contributed by atoms with Gasteiger partial charge in [0.2, 0.25) is 5.91 Å². The molecule has 1 amide bonds. The predicted molar refractivity (Wildman–Crippen MR) is 110 cm³/mol. The summed E-state index contributed by atoms with van der Waals surface area (Å²) in [4.78, 5) is 34.9. The Bertz CT molecular complexity index is 861. The number of hydrogen-bond donors (Lipinski definition) is 1. The number of nitrogens with one attached hydrogen (secondary N) is 1. The van der Waals surface area contributed by atoms with Gasteiger partial charge in [-0.15, -0.1) is 0 Å². The lowest BCUT2D eigenvalue weighted by Gasteiger charge is -2.18. The van der Waals surface area contributed by atoms with E-state index in [-0.39, 0.29) is 18.2 Å². The zero-order chi connectivity index (χ0) is 21.2. The van der Waals surface area contributed by atoms with E-state index >= 15 is 0 Å². The molecule has 0 saturated carbocycles. The van der Waals surface area contributed by atoms with Gasteiger partial charge in [0.25, 0.3) is 5.69 Å². The van der Waals surface area contributed by atoms with Crippen LogP contribution in [0.2, 0.25) is 0 Å². The van der Waals surface area contributed by atoms with Gasteiger partial charge in [-0.1, -0.05) is 44.2 Å². The number of ether oxygens (including phenoxy) is 1. The molecular weight excluding hydrogens is 372 g/mol. The van der Waals surface area contributed by atoms with Gasteiger partial charge in [0.1, 0.15) is 12.6 Å². The fourth-order valence-electron chi connectivity index (χ4n) is 2.61. The summed E-state index contributed by atoms with van der Waals surface area (Å²) in [6.07, 6.45) is 3.27. The molecule has 0 radical (unpaired) electrons. The van der Waals surface area contributed by atoms with Crippen molar-refractivity contribution in [1.82, 2.24) is 5.32 Å². The monoisotopic (exact) mass is 396 g/mol. The van der Waals surface area contributed by atoms with E-state index in [4.69, 9.17) is 4.74 Å². The zero-order valence-electron chi connectivity index (χ0n) is 16.4. The van der Waals surface area contributed by atoms with Crippen LogP contribution in [0, 0.1) is 16.0 Å². The Labute approximate surface area is 169 Å². The maximum atomic E-state index is 12.4. The Kier molecular flexibility index (Phi) is 8.09. The number of benzene rings is 2. The molecule has 1 atom stereocenters. The molecule has 0 saturated heterocycles. The Morgan fingerprint density at radius 3 is 2.34 bits per heavy atom. The molecule has 0 aliphatic rings. The van der Waals surface area contributed by atoms with Gasteiger partial charge in [-0.3, -0.25) is 14.9 Å². The molecule has 7 heteroatoms. The first kappa shape index (κ1) is 21.8. The third kappa shape index (κ3) is 7.57. The number of carbonyl (C=O) groups is 2. The lowest BCUT2D eigenvalue weighted by atomic mass is 10.0. The Balaban J connectivity index is 1.95. The van der Waals surface area contributed by atoms with Crippen molar-refractivity contribution in [2.24, 2.45) is 5.92 Å². The van der Waals surface area contributed by atoms with Crippen LogP contribution < -0.4 is 5.32 Å². The van der Waals surface area contributed by atoms with Crippen LogP contribution in [0.3, 0.4) is 0 Å².